The summed E-state index contributed by atoms with van der Waals surface area (Å²) in [4.78, 5) is 23.0. The second-order valence-corrected chi connectivity index (χ2v) is 36.9. The van der Waals surface area contributed by atoms with Crippen LogP contribution in [0.25, 0.3) is 32.7 Å². The van der Waals surface area contributed by atoms with E-state index in [1.807, 2.05) is 62.1 Å². The maximum absolute atomic E-state index is 11.9. The minimum atomic E-state index is -3.31. The van der Waals surface area contributed by atoms with Crippen LogP contribution in [0, 0.1) is 35.5 Å². The SMILES string of the molecule is CCn1c(C#CCNc2ccc(S(C)(=O)=O)cc2OC)cc2c(NC3CCN(c4ccc(N(C)C)nc4)CC3)cccc21.CCn1c(C#CCNc2ccc(S(C)(=O)=O)cc2OC)cc2c(NC3CCN(c4cccnc4)CC3)cccc21.CCn1c(C#CCNc2ccc(S(C)(=O)=O)cc2OC)cc2c(NC3CCN(c4cccnc4)CC3)cccc21. The van der Waals surface area contributed by atoms with Gasteiger partial charge in [0.05, 0.1) is 142 Å². The van der Waals surface area contributed by atoms with Crippen molar-refractivity contribution in [3.63, 3.8) is 0 Å². The van der Waals surface area contributed by atoms with Crippen molar-refractivity contribution in [3.8, 4) is 52.8 Å². The number of sulfone groups is 3. The van der Waals surface area contributed by atoms with Crippen LogP contribution in [0.5, 0.6) is 17.2 Å². The molecule has 0 bridgehead atoms. The Morgan fingerprint density at radius 1 is 0.390 bits per heavy atom. The number of piperidine rings is 3. The summed E-state index contributed by atoms with van der Waals surface area (Å²) in [5.41, 5.74) is 15.4. The Kier molecular flexibility index (Phi) is 28.9. The number of pyridine rings is 3. The molecule has 3 fully saturated rings. The van der Waals surface area contributed by atoms with Crippen molar-refractivity contribution in [1.29, 1.82) is 0 Å². The van der Waals surface area contributed by atoms with Gasteiger partial charge in [-0.15, -0.1) is 0 Å². The molecular weight excluding hydrogens is 1610 g/mol. The van der Waals surface area contributed by atoms with Crippen LogP contribution in [0.3, 0.4) is 0 Å². The molecule has 6 aromatic heterocycles. The number of anilines is 10. The minimum absolute atomic E-state index is 0.218. The van der Waals surface area contributed by atoms with Gasteiger partial charge < -0.3 is 79.4 Å². The molecule has 9 heterocycles. The standard InChI is InChI=1S/C33H40N6O3S.2C31H35N5O3S/c1-6-39-25(9-8-18-34-30-14-13-27(43(5,40)41)22-32(30)42-4)21-28-29(10-7-11-31(28)39)36-24-16-19-38(20-17-24)26-12-15-33(35-23-26)37(2)3;2*1-4-36-24(8-7-17-33-29-13-12-26(40(3,37)38)21-31(29)39-2)20-27-28(10-5-11-30(27)36)34-23-14-18-35(19-15-23)25-9-6-16-32-22-25/h7,10-15,21-24,34,36H,6,16-20H2,1-5H3;2*5-6,9-13,16,20-23,33-34H,4,14-15,17-19H2,1-3H3. The van der Waals surface area contributed by atoms with Crippen molar-refractivity contribution in [2.45, 2.75) is 112 Å². The number of ether oxygens (including phenoxy) is 3. The Bertz CT molecular complexity index is 5990. The molecule has 25 nitrogen and oxygen atoms in total. The molecule has 12 aromatic rings. The highest BCUT2D eigenvalue weighted by Gasteiger charge is 2.26. The zero-order valence-electron chi connectivity index (χ0n) is 71.8. The normalized spacial score (nSPS) is 14.0. The molecule has 0 spiro atoms. The highest BCUT2D eigenvalue weighted by molar-refractivity contribution is 7.91. The van der Waals surface area contributed by atoms with Crippen LogP contribution in [0.1, 0.15) is 76.4 Å². The van der Waals surface area contributed by atoms with Gasteiger partial charge in [0.2, 0.25) is 0 Å². The number of nitrogens with one attached hydrogen (secondary N) is 6. The largest absolute Gasteiger partial charge is 0.495 e. The summed E-state index contributed by atoms with van der Waals surface area (Å²) in [6.45, 7) is 16.0. The van der Waals surface area contributed by atoms with Crippen LogP contribution >= 0.6 is 0 Å². The van der Waals surface area contributed by atoms with E-state index in [1.54, 1.807) is 36.4 Å². The molecule has 3 aliphatic rings. The van der Waals surface area contributed by atoms with Crippen LogP contribution < -0.4 is 65.7 Å². The van der Waals surface area contributed by atoms with Gasteiger partial charge in [-0.05, 0) is 204 Å². The molecular formula is C95H110N16O9S3. The number of rotatable bonds is 25. The second kappa shape index (κ2) is 40.3. The average Bonchev–Trinajstić information content (AvgIpc) is 1.64. The van der Waals surface area contributed by atoms with Gasteiger partial charge in [0, 0.05) is 174 Å². The molecule has 0 aliphatic carbocycles. The van der Waals surface area contributed by atoms with E-state index in [-0.39, 0.29) is 14.7 Å². The van der Waals surface area contributed by atoms with Gasteiger partial charge in [0.15, 0.2) is 29.5 Å². The average molecular weight is 1720 g/mol. The molecule has 0 atom stereocenters. The van der Waals surface area contributed by atoms with Gasteiger partial charge in [0.25, 0.3) is 0 Å². The first-order valence-corrected chi connectivity index (χ1v) is 47.3. The lowest BCUT2D eigenvalue weighted by atomic mass is 10.0. The quantitative estimate of drug-likeness (QED) is 0.0290. The summed E-state index contributed by atoms with van der Waals surface area (Å²) in [7, 11) is -1.36. The number of hydrogen-bond acceptors (Lipinski definition) is 22. The summed E-state index contributed by atoms with van der Waals surface area (Å²) in [6.07, 6.45) is 19.4. The number of nitrogens with zero attached hydrogens (tertiary/aromatic N) is 10. The molecule has 28 heteroatoms. The van der Waals surface area contributed by atoms with Crippen molar-refractivity contribution in [2.24, 2.45) is 0 Å². The van der Waals surface area contributed by atoms with E-state index in [9.17, 15) is 25.3 Å². The van der Waals surface area contributed by atoms with Gasteiger partial charge in [-0.1, -0.05) is 36.0 Å². The van der Waals surface area contributed by atoms with E-state index in [2.05, 4.69) is 229 Å². The van der Waals surface area contributed by atoms with Gasteiger partial charge in [-0.3, -0.25) is 9.97 Å². The van der Waals surface area contributed by atoms with E-state index in [0.717, 1.165) is 154 Å². The third-order valence-corrected chi connectivity index (χ3v) is 25.8. The van der Waals surface area contributed by atoms with Crippen LogP contribution in [0.15, 0.2) is 209 Å². The van der Waals surface area contributed by atoms with E-state index in [4.69, 9.17) is 14.2 Å². The first kappa shape index (κ1) is 88.1. The highest BCUT2D eigenvalue weighted by Crippen LogP contribution is 2.36. The molecule has 0 radical (unpaired) electrons. The molecule has 642 valence electrons. The molecule has 6 aromatic carbocycles. The maximum Gasteiger partial charge on any atom is 0.175 e. The molecule has 15 rings (SSSR count). The lowest BCUT2D eigenvalue weighted by Crippen LogP contribution is -2.39. The number of hydrogen-bond donors (Lipinski definition) is 6. The predicted octanol–water partition coefficient (Wildman–Crippen LogP) is 15.1. The molecule has 0 amide bonds. The zero-order valence-corrected chi connectivity index (χ0v) is 74.3. The van der Waals surface area contributed by atoms with Crippen LogP contribution in [-0.4, -0.2) is 185 Å². The predicted molar refractivity (Wildman–Crippen MR) is 501 cm³/mol. The van der Waals surface area contributed by atoms with Crippen LogP contribution in [0.4, 0.5) is 57.0 Å². The Balaban J connectivity index is 0.000000159. The zero-order chi connectivity index (χ0) is 86.8. The molecule has 3 saturated heterocycles. The first-order chi connectivity index (χ1) is 59.4. The smallest absolute Gasteiger partial charge is 0.175 e. The molecule has 0 unspecified atom stereocenters. The summed E-state index contributed by atoms with van der Waals surface area (Å²) in [5.74, 6) is 22.0. The van der Waals surface area contributed by atoms with Gasteiger partial charge in [-0.25, -0.2) is 30.2 Å². The second-order valence-electron chi connectivity index (χ2n) is 30.8. The summed E-state index contributed by atoms with van der Waals surface area (Å²) < 4.78 is 94.1. The monoisotopic (exact) mass is 1710 g/mol. The number of benzene rings is 6. The summed E-state index contributed by atoms with van der Waals surface area (Å²) >= 11 is 0. The number of aromatic nitrogens is 6. The van der Waals surface area contributed by atoms with Crippen molar-refractivity contribution >= 4 is 119 Å². The Morgan fingerprint density at radius 2 is 0.707 bits per heavy atom. The number of methoxy groups -OCH3 is 3. The third-order valence-electron chi connectivity index (χ3n) is 22.5. The van der Waals surface area contributed by atoms with Crippen molar-refractivity contribution in [2.75, 3.05) is 165 Å². The van der Waals surface area contributed by atoms with Gasteiger partial charge in [0.1, 0.15) is 23.1 Å². The first-order valence-electron chi connectivity index (χ1n) is 41.6. The third kappa shape index (κ3) is 22.0. The molecule has 6 N–H and O–H groups in total. The Morgan fingerprint density at radius 3 is 0.967 bits per heavy atom. The lowest BCUT2D eigenvalue weighted by Gasteiger charge is -2.34. The van der Waals surface area contributed by atoms with Crippen LogP contribution in [0.2, 0.25) is 0 Å². The topological polar surface area (TPSA) is 269 Å². The highest BCUT2D eigenvalue weighted by atomic mass is 32.2. The van der Waals surface area contributed by atoms with Crippen LogP contribution in [-0.2, 0) is 49.1 Å². The summed E-state index contributed by atoms with van der Waals surface area (Å²) in [5, 5.41) is 24.7. The van der Waals surface area contributed by atoms with E-state index >= 15 is 0 Å². The molecule has 0 saturated carbocycles. The van der Waals surface area contributed by atoms with Crippen molar-refractivity contribution in [1.82, 2.24) is 28.7 Å². The van der Waals surface area contributed by atoms with E-state index in [1.165, 1.54) is 91.5 Å². The van der Waals surface area contributed by atoms with E-state index < -0.39 is 29.5 Å². The Hall–Kier alpha value is -12.7. The van der Waals surface area contributed by atoms with E-state index in [0.29, 0.717) is 72.1 Å². The fourth-order valence-corrected chi connectivity index (χ4v) is 17.9. The summed E-state index contributed by atoms with van der Waals surface area (Å²) in [6, 6.07) is 53.8. The maximum atomic E-state index is 11.9. The fourth-order valence-electron chi connectivity index (χ4n) is 15.9. The molecule has 123 heavy (non-hydrogen) atoms. The fraction of sp³-hybridized carbons (Fsp3) is 0.337. The number of fused-ring (bicyclic) bond motifs is 3. The Labute approximate surface area is 723 Å². The minimum Gasteiger partial charge on any atom is -0.495 e. The van der Waals surface area contributed by atoms with Gasteiger partial charge in [-0.2, -0.15) is 0 Å². The lowest BCUT2D eigenvalue weighted by molar-refractivity contribution is 0.415. The number of aryl methyl sites for hydroxylation is 3. The van der Waals surface area contributed by atoms with Crippen molar-refractivity contribution in [3.05, 3.63) is 212 Å². The van der Waals surface area contributed by atoms with Gasteiger partial charge >= 0.3 is 0 Å². The molecule has 3 aliphatic heterocycles. The van der Waals surface area contributed by atoms with Crippen molar-refractivity contribution < 1.29 is 39.5 Å².